The Morgan fingerprint density at radius 2 is 2.00 bits per heavy atom. The van der Waals surface area contributed by atoms with E-state index in [0.717, 1.165) is 35.1 Å². The summed E-state index contributed by atoms with van der Waals surface area (Å²) in [5, 5.41) is 1.04. The number of aldehydes is 1. The monoisotopic (exact) mass is 307 g/mol. The molecule has 0 radical (unpaired) electrons. The van der Waals surface area contributed by atoms with Crippen LogP contribution in [-0.2, 0) is 0 Å². The number of anilines is 1. The molecule has 0 saturated carbocycles. The first-order valence-electron chi connectivity index (χ1n) is 8.14. The molecule has 0 aromatic carbocycles. The zero-order chi connectivity index (χ0) is 14.8. The van der Waals surface area contributed by atoms with Crippen LogP contribution in [0.1, 0.15) is 60.8 Å². The van der Waals surface area contributed by atoms with Crippen molar-refractivity contribution in [3.05, 3.63) is 10.6 Å². The molecule has 2 aliphatic rings. The highest BCUT2D eigenvalue weighted by molar-refractivity contribution is 7.17. The van der Waals surface area contributed by atoms with Gasteiger partial charge < -0.3 is 4.90 Å². The molecule has 1 aromatic heterocycles. The van der Waals surface area contributed by atoms with Crippen LogP contribution in [0.25, 0.3) is 0 Å². The number of likely N-dealkylation sites (tertiary alicyclic amines) is 1. The van der Waals surface area contributed by atoms with Crippen molar-refractivity contribution < 1.29 is 4.79 Å². The van der Waals surface area contributed by atoms with E-state index in [4.69, 9.17) is 4.98 Å². The zero-order valence-corrected chi connectivity index (χ0v) is 13.9. The Morgan fingerprint density at radius 3 is 2.62 bits per heavy atom. The van der Waals surface area contributed by atoms with Gasteiger partial charge in [-0.2, -0.15) is 0 Å². The minimum atomic E-state index is 0.315. The van der Waals surface area contributed by atoms with Gasteiger partial charge in [-0.1, -0.05) is 31.6 Å². The highest BCUT2D eigenvalue weighted by Crippen LogP contribution is 2.32. The van der Waals surface area contributed by atoms with Crippen LogP contribution < -0.4 is 4.90 Å². The van der Waals surface area contributed by atoms with Crippen LogP contribution in [-0.4, -0.2) is 48.4 Å². The molecule has 2 fully saturated rings. The summed E-state index contributed by atoms with van der Waals surface area (Å²) >= 11 is 1.56. The molecule has 1 unspecified atom stereocenters. The molecule has 2 saturated heterocycles. The first-order chi connectivity index (χ1) is 10.2. The highest BCUT2D eigenvalue weighted by Gasteiger charge is 2.30. The smallest absolute Gasteiger partial charge is 0.186 e. The zero-order valence-electron chi connectivity index (χ0n) is 13.0. The standard InChI is InChI=1S/C16H25N3OS/c1-12(2)15-14(11-20)21-16(17-15)19-9-6-13(10-19)18-7-4-3-5-8-18/h11-13H,3-10H2,1-2H3. The van der Waals surface area contributed by atoms with E-state index in [0.29, 0.717) is 12.0 Å². The Labute approximate surface area is 131 Å². The predicted molar refractivity (Wildman–Crippen MR) is 87.6 cm³/mol. The lowest BCUT2D eigenvalue weighted by Crippen LogP contribution is -2.40. The second kappa shape index (κ2) is 6.44. The molecule has 0 spiro atoms. The van der Waals surface area contributed by atoms with E-state index < -0.39 is 0 Å². The second-order valence-electron chi connectivity index (χ2n) is 6.50. The quantitative estimate of drug-likeness (QED) is 0.801. The van der Waals surface area contributed by atoms with E-state index in [1.54, 1.807) is 11.3 Å². The normalized spacial score (nSPS) is 24.0. The lowest BCUT2D eigenvalue weighted by Gasteiger charge is -2.32. The number of aromatic nitrogens is 1. The van der Waals surface area contributed by atoms with Gasteiger partial charge >= 0.3 is 0 Å². The van der Waals surface area contributed by atoms with Crippen molar-refractivity contribution in [1.29, 1.82) is 0 Å². The molecule has 3 rings (SSSR count). The van der Waals surface area contributed by atoms with Crippen LogP contribution in [0.5, 0.6) is 0 Å². The average Bonchev–Trinajstić information content (AvgIpc) is 3.14. The van der Waals surface area contributed by atoms with Crippen LogP contribution >= 0.6 is 11.3 Å². The molecular formula is C16H25N3OS. The van der Waals surface area contributed by atoms with E-state index in [1.807, 2.05) is 0 Å². The van der Waals surface area contributed by atoms with E-state index in [9.17, 15) is 4.79 Å². The maximum Gasteiger partial charge on any atom is 0.186 e. The van der Waals surface area contributed by atoms with Crippen molar-refractivity contribution in [2.75, 3.05) is 31.1 Å². The maximum atomic E-state index is 11.2. The third-order valence-corrected chi connectivity index (χ3v) is 5.72. The lowest BCUT2D eigenvalue weighted by atomic mass is 10.1. The van der Waals surface area contributed by atoms with Crippen LogP contribution in [0.4, 0.5) is 5.13 Å². The number of nitrogens with zero attached hydrogens (tertiary/aromatic N) is 3. The molecule has 2 aliphatic heterocycles. The fraction of sp³-hybridized carbons (Fsp3) is 0.750. The van der Waals surface area contributed by atoms with E-state index in [-0.39, 0.29) is 0 Å². The summed E-state index contributed by atoms with van der Waals surface area (Å²) in [4.78, 5) is 21.8. The molecule has 0 amide bonds. The Hall–Kier alpha value is -0.940. The molecule has 1 aromatic rings. The molecule has 21 heavy (non-hydrogen) atoms. The summed E-state index contributed by atoms with van der Waals surface area (Å²) in [6, 6.07) is 0.677. The van der Waals surface area contributed by atoms with E-state index in [2.05, 4.69) is 23.6 Å². The third-order valence-electron chi connectivity index (χ3n) is 4.66. The molecule has 3 heterocycles. The second-order valence-corrected chi connectivity index (χ2v) is 7.51. The Balaban J connectivity index is 1.69. The molecule has 0 N–H and O–H groups in total. The van der Waals surface area contributed by atoms with Gasteiger partial charge in [0.15, 0.2) is 11.4 Å². The van der Waals surface area contributed by atoms with Gasteiger partial charge in [0.05, 0.1) is 10.6 Å². The summed E-state index contributed by atoms with van der Waals surface area (Å²) in [5.74, 6) is 0.315. The number of carbonyl (C=O) groups excluding carboxylic acids is 1. The number of thiazole rings is 1. The molecule has 0 bridgehead atoms. The van der Waals surface area contributed by atoms with Crippen molar-refractivity contribution in [2.45, 2.75) is 51.5 Å². The molecular weight excluding hydrogens is 282 g/mol. The van der Waals surface area contributed by atoms with Gasteiger partial charge in [0, 0.05) is 19.1 Å². The highest BCUT2D eigenvalue weighted by atomic mass is 32.1. The van der Waals surface area contributed by atoms with Crippen molar-refractivity contribution in [2.24, 2.45) is 0 Å². The largest absolute Gasteiger partial charge is 0.346 e. The summed E-state index contributed by atoms with van der Waals surface area (Å²) < 4.78 is 0. The molecule has 0 aliphatic carbocycles. The van der Waals surface area contributed by atoms with Crippen molar-refractivity contribution in [1.82, 2.24) is 9.88 Å². The van der Waals surface area contributed by atoms with Crippen molar-refractivity contribution in [3.8, 4) is 0 Å². The maximum absolute atomic E-state index is 11.2. The number of piperidine rings is 1. The van der Waals surface area contributed by atoms with Gasteiger partial charge in [0.25, 0.3) is 0 Å². The van der Waals surface area contributed by atoms with Crippen LogP contribution in [0, 0.1) is 0 Å². The minimum absolute atomic E-state index is 0.315. The topological polar surface area (TPSA) is 36.4 Å². The Kier molecular flexibility index (Phi) is 4.60. The fourth-order valence-corrected chi connectivity index (χ4v) is 4.53. The average molecular weight is 307 g/mol. The van der Waals surface area contributed by atoms with Gasteiger partial charge in [0.1, 0.15) is 0 Å². The summed E-state index contributed by atoms with van der Waals surface area (Å²) in [5.41, 5.74) is 0.964. The Bertz CT molecular complexity index is 494. The molecule has 4 nitrogen and oxygen atoms in total. The van der Waals surface area contributed by atoms with Crippen molar-refractivity contribution in [3.63, 3.8) is 0 Å². The first kappa shape index (κ1) is 15.0. The number of carbonyl (C=O) groups is 1. The molecule has 1 atom stereocenters. The van der Waals surface area contributed by atoms with E-state index in [1.165, 1.54) is 38.8 Å². The SMILES string of the molecule is CC(C)c1nc(N2CCC(N3CCCCC3)C2)sc1C=O. The Morgan fingerprint density at radius 1 is 1.24 bits per heavy atom. The lowest BCUT2D eigenvalue weighted by molar-refractivity contribution is 0.112. The first-order valence-corrected chi connectivity index (χ1v) is 8.95. The molecule has 116 valence electrons. The molecule has 5 heteroatoms. The summed E-state index contributed by atoms with van der Waals surface area (Å²) in [6.45, 7) is 8.87. The van der Waals surface area contributed by atoms with Crippen LogP contribution in [0.2, 0.25) is 0 Å². The third kappa shape index (κ3) is 3.14. The van der Waals surface area contributed by atoms with E-state index >= 15 is 0 Å². The number of rotatable bonds is 4. The van der Waals surface area contributed by atoms with Crippen LogP contribution in [0.3, 0.4) is 0 Å². The van der Waals surface area contributed by atoms with Gasteiger partial charge in [-0.15, -0.1) is 0 Å². The summed E-state index contributed by atoms with van der Waals surface area (Å²) in [6.07, 6.45) is 6.28. The number of hydrogen-bond donors (Lipinski definition) is 0. The van der Waals surface area contributed by atoms with Gasteiger partial charge in [-0.25, -0.2) is 4.98 Å². The van der Waals surface area contributed by atoms with Gasteiger partial charge in [-0.3, -0.25) is 9.69 Å². The minimum Gasteiger partial charge on any atom is -0.346 e. The fourth-order valence-electron chi connectivity index (χ4n) is 3.46. The van der Waals surface area contributed by atoms with Crippen LogP contribution in [0.15, 0.2) is 0 Å². The van der Waals surface area contributed by atoms with Gasteiger partial charge in [0.2, 0.25) is 0 Å². The van der Waals surface area contributed by atoms with Crippen molar-refractivity contribution >= 4 is 22.8 Å². The summed E-state index contributed by atoms with van der Waals surface area (Å²) in [7, 11) is 0. The predicted octanol–water partition coefficient (Wildman–Crippen LogP) is 3.14. The van der Waals surface area contributed by atoms with Gasteiger partial charge in [-0.05, 0) is 38.3 Å². The number of hydrogen-bond acceptors (Lipinski definition) is 5.